The van der Waals surface area contributed by atoms with Gasteiger partial charge in [-0.25, -0.2) is 0 Å². The average molecular weight is 309 g/mol. The van der Waals surface area contributed by atoms with Crippen LogP contribution < -0.4 is 0 Å². The Morgan fingerprint density at radius 3 is 1.77 bits per heavy atom. The van der Waals surface area contributed by atoms with Crippen molar-refractivity contribution in [3.8, 4) is 5.75 Å². The first-order chi connectivity index (χ1) is 10.6. The number of hydrogen-bond donors (Lipinski definition) is 1. The van der Waals surface area contributed by atoms with E-state index in [4.69, 9.17) is 11.6 Å². The number of rotatable bonds is 3. The molecule has 3 aromatic rings. The molecule has 0 spiro atoms. The lowest BCUT2D eigenvalue weighted by Crippen LogP contribution is -2.25. The molecule has 0 saturated heterocycles. The first kappa shape index (κ1) is 14.7. The van der Waals surface area contributed by atoms with Gasteiger partial charge in [0.2, 0.25) is 0 Å². The highest BCUT2D eigenvalue weighted by Crippen LogP contribution is 2.43. The van der Waals surface area contributed by atoms with Crippen molar-refractivity contribution in [3.05, 3.63) is 101 Å². The van der Waals surface area contributed by atoms with Crippen LogP contribution in [0.1, 0.15) is 23.6 Å². The Bertz CT molecular complexity index is 727. The van der Waals surface area contributed by atoms with Crippen LogP contribution in [0.3, 0.4) is 0 Å². The second-order valence-corrected chi connectivity index (χ2v) is 5.95. The van der Waals surface area contributed by atoms with Crippen molar-refractivity contribution in [1.29, 1.82) is 0 Å². The Kier molecular flexibility index (Phi) is 3.91. The zero-order valence-electron chi connectivity index (χ0n) is 12.3. The van der Waals surface area contributed by atoms with Crippen LogP contribution in [-0.4, -0.2) is 5.11 Å². The zero-order chi connectivity index (χ0) is 15.6. The van der Waals surface area contributed by atoms with Gasteiger partial charge >= 0.3 is 0 Å². The highest BCUT2D eigenvalue weighted by molar-refractivity contribution is 6.30. The van der Waals surface area contributed by atoms with Crippen LogP contribution in [0.25, 0.3) is 0 Å². The highest BCUT2D eigenvalue weighted by Gasteiger charge is 2.33. The van der Waals surface area contributed by atoms with E-state index in [-0.39, 0.29) is 5.75 Å². The summed E-state index contributed by atoms with van der Waals surface area (Å²) in [5.74, 6) is 0.250. The second kappa shape index (κ2) is 5.86. The summed E-state index contributed by atoms with van der Waals surface area (Å²) in [4.78, 5) is 0. The largest absolute Gasteiger partial charge is 0.508 e. The molecule has 0 aromatic heterocycles. The van der Waals surface area contributed by atoms with Crippen molar-refractivity contribution in [2.24, 2.45) is 0 Å². The van der Waals surface area contributed by atoms with Gasteiger partial charge < -0.3 is 5.11 Å². The minimum Gasteiger partial charge on any atom is -0.508 e. The maximum atomic E-state index is 10.4. The van der Waals surface area contributed by atoms with E-state index in [0.29, 0.717) is 5.02 Å². The predicted molar refractivity (Wildman–Crippen MR) is 91.6 cm³/mol. The lowest BCUT2D eigenvalue weighted by molar-refractivity contribution is 0.457. The van der Waals surface area contributed by atoms with Crippen molar-refractivity contribution in [3.63, 3.8) is 0 Å². The fourth-order valence-electron chi connectivity index (χ4n) is 2.93. The molecule has 2 heteroatoms. The van der Waals surface area contributed by atoms with Gasteiger partial charge in [0.1, 0.15) is 5.75 Å². The van der Waals surface area contributed by atoms with Gasteiger partial charge in [-0.2, -0.15) is 0 Å². The second-order valence-electron chi connectivity index (χ2n) is 5.52. The van der Waals surface area contributed by atoms with E-state index in [1.54, 1.807) is 12.1 Å². The molecule has 0 saturated carbocycles. The third kappa shape index (κ3) is 2.49. The maximum absolute atomic E-state index is 10.4. The van der Waals surface area contributed by atoms with Crippen molar-refractivity contribution < 1.29 is 5.11 Å². The fourth-order valence-corrected chi connectivity index (χ4v) is 3.10. The molecule has 0 aliphatic rings. The lowest BCUT2D eigenvalue weighted by atomic mass is 9.71. The van der Waals surface area contributed by atoms with Gasteiger partial charge in [-0.15, -0.1) is 0 Å². The maximum Gasteiger partial charge on any atom is 0.120 e. The van der Waals surface area contributed by atoms with Gasteiger partial charge in [0.25, 0.3) is 0 Å². The Morgan fingerprint density at radius 1 is 0.773 bits per heavy atom. The molecule has 0 fully saturated rings. The van der Waals surface area contributed by atoms with Crippen LogP contribution in [0.15, 0.2) is 78.9 Å². The summed E-state index contributed by atoms with van der Waals surface area (Å²) in [7, 11) is 0. The van der Waals surface area contributed by atoms with Crippen LogP contribution in [0.5, 0.6) is 5.75 Å². The molecule has 0 atom stereocenters. The SMILES string of the molecule is CC(c1ccccc1)(c1ccccc1)c1cc(Cl)ccc1O. The smallest absolute Gasteiger partial charge is 0.120 e. The van der Waals surface area contributed by atoms with Crippen molar-refractivity contribution in [2.45, 2.75) is 12.3 Å². The first-order valence-corrected chi connectivity index (χ1v) is 7.60. The van der Waals surface area contributed by atoms with E-state index in [1.807, 2.05) is 42.5 Å². The molecule has 0 unspecified atom stereocenters. The summed E-state index contributed by atoms with van der Waals surface area (Å²) in [5.41, 5.74) is 2.55. The van der Waals surface area contributed by atoms with E-state index in [1.165, 1.54) is 0 Å². The van der Waals surface area contributed by atoms with Gasteiger partial charge in [-0.05, 0) is 36.2 Å². The number of halogens is 1. The van der Waals surface area contributed by atoms with Crippen molar-refractivity contribution >= 4 is 11.6 Å². The number of hydrogen-bond acceptors (Lipinski definition) is 1. The van der Waals surface area contributed by atoms with Crippen LogP contribution in [-0.2, 0) is 5.41 Å². The Labute approximate surface area is 135 Å². The molecule has 0 heterocycles. The normalized spacial score (nSPS) is 11.4. The molecule has 0 amide bonds. The average Bonchev–Trinajstić information content (AvgIpc) is 2.58. The predicted octanol–water partition coefficient (Wildman–Crippen LogP) is 5.40. The van der Waals surface area contributed by atoms with E-state index in [2.05, 4.69) is 31.2 Å². The van der Waals surface area contributed by atoms with Gasteiger partial charge in [0.05, 0.1) is 0 Å². The quantitative estimate of drug-likeness (QED) is 0.642. The molecule has 3 rings (SSSR count). The Balaban J connectivity index is 2.31. The number of aromatic hydroxyl groups is 1. The van der Waals surface area contributed by atoms with Crippen molar-refractivity contribution in [1.82, 2.24) is 0 Å². The fraction of sp³-hybridized carbons (Fsp3) is 0.100. The van der Waals surface area contributed by atoms with Gasteiger partial charge in [-0.3, -0.25) is 0 Å². The minimum atomic E-state index is -0.475. The summed E-state index contributed by atoms with van der Waals surface area (Å²) in [6.07, 6.45) is 0. The molecule has 0 radical (unpaired) electrons. The summed E-state index contributed by atoms with van der Waals surface area (Å²) < 4.78 is 0. The molecule has 1 N–H and O–H groups in total. The van der Waals surface area contributed by atoms with Crippen LogP contribution in [0.4, 0.5) is 0 Å². The van der Waals surface area contributed by atoms with Gasteiger partial charge in [0, 0.05) is 16.0 Å². The first-order valence-electron chi connectivity index (χ1n) is 7.22. The lowest BCUT2D eigenvalue weighted by Gasteiger charge is -2.32. The number of phenolic OH excluding ortho intramolecular Hbond substituents is 1. The van der Waals surface area contributed by atoms with E-state index in [0.717, 1.165) is 16.7 Å². The van der Waals surface area contributed by atoms with Crippen molar-refractivity contribution in [2.75, 3.05) is 0 Å². The molecule has 110 valence electrons. The highest BCUT2D eigenvalue weighted by atomic mass is 35.5. The minimum absolute atomic E-state index is 0.250. The van der Waals surface area contributed by atoms with Crippen LogP contribution >= 0.6 is 11.6 Å². The Morgan fingerprint density at radius 2 is 1.27 bits per heavy atom. The number of phenols is 1. The third-order valence-electron chi connectivity index (χ3n) is 4.20. The standard InChI is InChI=1S/C20H17ClO/c1-20(15-8-4-2-5-9-15,16-10-6-3-7-11-16)18-14-17(21)12-13-19(18)22/h2-14,22H,1H3. The monoisotopic (exact) mass is 308 g/mol. The summed E-state index contributed by atoms with van der Waals surface area (Å²) in [6.45, 7) is 2.11. The molecule has 0 aliphatic carbocycles. The molecule has 0 bridgehead atoms. The zero-order valence-corrected chi connectivity index (χ0v) is 13.1. The summed E-state index contributed by atoms with van der Waals surface area (Å²) in [5, 5.41) is 11.1. The van der Waals surface area contributed by atoms with E-state index < -0.39 is 5.41 Å². The summed E-state index contributed by atoms with van der Waals surface area (Å²) >= 11 is 6.19. The number of benzene rings is 3. The van der Waals surface area contributed by atoms with Crippen LogP contribution in [0.2, 0.25) is 5.02 Å². The molecule has 1 nitrogen and oxygen atoms in total. The Hall–Kier alpha value is -2.25. The summed E-state index contributed by atoms with van der Waals surface area (Å²) in [6, 6.07) is 25.5. The van der Waals surface area contributed by atoms with E-state index in [9.17, 15) is 5.11 Å². The topological polar surface area (TPSA) is 20.2 Å². The molecule has 0 aliphatic heterocycles. The van der Waals surface area contributed by atoms with Crippen LogP contribution in [0, 0.1) is 0 Å². The third-order valence-corrected chi connectivity index (χ3v) is 4.43. The molecular formula is C20H17ClO. The van der Waals surface area contributed by atoms with Gasteiger partial charge in [0.15, 0.2) is 0 Å². The molecular weight excluding hydrogens is 292 g/mol. The van der Waals surface area contributed by atoms with Gasteiger partial charge in [-0.1, -0.05) is 72.3 Å². The van der Waals surface area contributed by atoms with E-state index >= 15 is 0 Å². The molecule has 3 aromatic carbocycles. The molecule has 22 heavy (non-hydrogen) atoms.